The van der Waals surface area contributed by atoms with Crippen molar-refractivity contribution in [1.29, 1.82) is 0 Å². The van der Waals surface area contributed by atoms with Gasteiger partial charge in [0.05, 0.1) is 0 Å². The number of hydrogen-bond donors (Lipinski definition) is 2. The second-order valence-electron chi connectivity index (χ2n) is 6.02. The van der Waals surface area contributed by atoms with Crippen LogP contribution < -0.4 is 15.8 Å². The summed E-state index contributed by atoms with van der Waals surface area (Å²) in [7, 11) is 0. The van der Waals surface area contributed by atoms with Gasteiger partial charge in [-0.05, 0) is 30.2 Å². The van der Waals surface area contributed by atoms with Gasteiger partial charge in [-0.15, -0.1) is 37.1 Å². The number of para-hydroxylation sites is 1. The fourth-order valence-corrected chi connectivity index (χ4v) is 2.78. The number of alkyl halides is 3. The molecule has 27 heavy (non-hydrogen) atoms. The molecule has 0 bridgehead atoms. The highest BCUT2D eigenvalue weighted by Gasteiger charge is 2.42. The Kier molecular flexibility index (Phi) is 7.28. The molecule has 2 aromatic rings. The summed E-state index contributed by atoms with van der Waals surface area (Å²) in [6.45, 7) is 0.487. The first-order valence-electron chi connectivity index (χ1n) is 8.23. The van der Waals surface area contributed by atoms with Crippen LogP contribution in [-0.2, 0) is 6.42 Å². The van der Waals surface area contributed by atoms with Gasteiger partial charge in [0.1, 0.15) is 5.75 Å². The average Bonchev–Trinajstić information content (AvgIpc) is 3.33. The summed E-state index contributed by atoms with van der Waals surface area (Å²) < 4.78 is 41.6. The Morgan fingerprint density at radius 3 is 2.67 bits per heavy atom. The normalized spacial score (nSPS) is 19.1. The number of nitrogens with zero attached hydrogens (tertiary/aromatic N) is 2. The fraction of sp³-hybridized carbons (Fsp3) is 0.333. The summed E-state index contributed by atoms with van der Waals surface area (Å²) in [5.74, 6) is 0.0284. The molecule has 3 N–H and O–H groups in total. The van der Waals surface area contributed by atoms with Crippen LogP contribution in [0.2, 0.25) is 0 Å². The van der Waals surface area contributed by atoms with Crippen LogP contribution in [0.1, 0.15) is 23.6 Å². The zero-order valence-electron chi connectivity index (χ0n) is 14.3. The second-order valence-corrected chi connectivity index (χ2v) is 6.02. The minimum absolute atomic E-state index is 0. The minimum atomic E-state index is -4.71. The van der Waals surface area contributed by atoms with E-state index >= 15 is 0 Å². The fourth-order valence-electron chi connectivity index (χ4n) is 2.78. The van der Waals surface area contributed by atoms with Gasteiger partial charge in [-0.3, -0.25) is 9.98 Å². The number of hydrogen-bond acceptors (Lipinski definition) is 3. The lowest BCUT2D eigenvalue weighted by Crippen LogP contribution is -2.34. The first-order valence-corrected chi connectivity index (χ1v) is 8.23. The lowest BCUT2D eigenvalue weighted by atomic mass is 10.1. The lowest BCUT2D eigenvalue weighted by Gasteiger charge is -2.13. The molecule has 0 amide bonds. The van der Waals surface area contributed by atoms with E-state index in [-0.39, 0.29) is 47.6 Å². The molecule has 1 aromatic heterocycles. The molecule has 3 rings (SSSR count). The van der Waals surface area contributed by atoms with Crippen LogP contribution in [0.5, 0.6) is 5.75 Å². The summed E-state index contributed by atoms with van der Waals surface area (Å²) in [4.78, 5) is 8.44. The van der Waals surface area contributed by atoms with Crippen molar-refractivity contribution >= 4 is 29.9 Å². The van der Waals surface area contributed by atoms with Crippen LogP contribution in [0.15, 0.2) is 53.7 Å². The number of rotatable bonds is 6. The highest BCUT2D eigenvalue weighted by atomic mass is 127. The number of aromatic nitrogens is 1. The third-order valence-electron chi connectivity index (χ3n) is 4.04. The molecular formula is C18H20F3IN4O. The van der Waals surface area contributed by atoms with E-state index in [0.29, 0.717) is 24.9 Å². The molecule has 1 aromatic carbocycles. The lowest BCUT2D eigenvalue weighted by molar-refractivity contribution is -0.274. The van der Waals surface area contributed by atoms with E-state index in [4.69, 9.17) is 5.73 Å². The van der Waals surface area contributed by atoms with Gasteiger partial charge in [0.25, 0.3) is 0 Å². The van der Waals surface area contributed by atoms with Gasteiger partial charge in [0, 0.05) is 36.8 Å². The van der Waals surface area contributed by atoms with Gasteiger partial charge in [-0.2, -0.15) is 0 Å². The molecule has 146 valence electrons. The number of nitrogens with one attached hydrogen (secondary N) is 1. The first-order chi connectivity index (χ1) is 12.4. The van der Waals surface area contributed by atoms with Crippen molar-refractivity contribution in [2.24, 2.45) is 10.7 Å². The molecule has 1 aliphatic carbocycles. The van der Waals surface area contributed by atoms with Crippen LogP contribution in [0.25, 0.3) is 0 Å². The molecule has 9 heteroatoms. The number of aliphatic imine (C=N–C) groups is 1. The Morgan fingerprint density at radius 2 is 1.96 bits per heavy atom. The van der Waals surface area contributed by atoms with Crippen molar-refractivity contribution in [3.8, 4) is 5.75 Å². The third kappa shape index (κ3) is 6.56. The maximum Gasteiger partial charge on any atom is 0.573 e. The maximum absolute atomic E-state index is 12.5. The minimum Gasteiger partial charge on any atom is -0.405 e. The van der Waals surface area contributed by atoms with E-state index in [0.717, 1.165) is 5.69 Å². The smallest absolute Gasteiger partial charge is 0.405 e. The first kappa shape index (κ1) is 21.3. The number of benzene rings is 1. The second kappa shape index (κ2) is 9.25. The van der Waals surface area contributed by atoms with Crippen molar-refractivity contribution in [2.75, 3.05) is 6.54 Å². The van der Waals surface area contributed by atoms with Crippen molar-refractivity contribution in [1.82, 2.24) is 10.3 Å². The number of halogens is 4. The topological polar surface area (TPSA) is 72.5 Å². The third-order valence-corrected chi connectivity index (χ3v) is 4.04. The molecule has 0 radical (unpaired) electrons. The van der Waals surface area contributed by atoms with Crippen LogP contribution >= 0.6 is 24.0 Å². The SMILES string of the molecule is I.NC(=NCCc1ccccn1)NC1CC1c1ccccc1OC(F)(F)F. The van der Waals surface area contributed by atoms with Crippen LogP contribution in [0.3, 0.4) is 0 Å². The molecule has 0 aliphatic heterocycles. The molecular weight excluding hydrogens is 472 g/mol. The van der Waals surface area contributed by atoms with E-state index < -0.39 is 6.36 Å². The Hall–Kier alpha value is -2.04. The molecule has 1 saturated carbocycles. The molecule has 1 aliphatic rings. The molecule has 2 unspecified atom stereocenters. The van der Waals surface area contributed by atoms with Crippen molar-refractivity contribution in [2.45, 2.75) is 31.2 Å². The van der Waals surface area contributed by atoms with Crippen LogP contribution in [0.4, 0.5) is 13.2 Å². The molecule has 1 fully saturated rings. The molecule has 0 saturated heterocycles. The van der Waals surface area contributed by atoms with Gasteiger partial charge in [0.15, 0.2) is 5.96 Å². The van der Waals surface area contributed by atoms with Gasteiger partial charge in [0.2, 0.25) is 0 Å². The monoisotopic (exact) mass is 492 g/mol. The van der Waals surface area contributed by atoms with E-state index in [1.807, 2.05) is 18.2 Å². The predicted octanol–water partition coefficient (Wildman–Crippen LogP) is 3.60. The van der Waals surface area contributed by atoms with Gasteiger partial charge >= 0.3 is 6.36 Å². The Morgan fingerprint density at radius 1 is 1.22 bits per heavy atom. The van der Waals surface area contributed by atoms with Crippen LogP contribution in [-0.4, -0.2) is 29.9 Å². The Balaban J connectivity index is 0.00000261. The molecule has 2 atom stereocenters. The Bertz CT molecular complexity index is 771. The number of ether oxygens (including phenoxy) is 1. The summed E-state index contributed by atoms with van der Waals surface area (Å²) in [5.41, 5.74) is 7.31. The summed E-state index contributed by atoms with van der Waals surface area (Å²) in [5, 5.41) is 3.05. The van der Waals surface area contributed by atoms with Crippen LogP contribution in [0, 0.1) is 0 Å². The largest absolute Gasteiger partial charge is 0.573 e. The highest BCUT2D eigenvalue weighted by molar-refractivity contribution is 14.0. The zero-order chi connectivity index (χ0) is 18.6. The van der Waals surface area contributed by atoms with Crippen molar-refractivity contribution < 1.29 is 17.9 Å². The van der Waals surface area contributed by atoms with Crippen molar-refractivity contribution in [3.05, 3.63) is 59.9 Å². The van der Waals surface area contributed by atoms with Gasteiger partial charge in [-0.25, -0.2) is 0 Å². The summed E-state index contributed by atoms with van der Waals surface area (Å²) in [6, 6.07) is 11.8. The van der Waals surface area contributed by atoms with Crippen molar-refractivity contribution in [3.63, 3.8) is 0 Å². The Labute approximate surface area is 172 Å². The van der Waals surface area contributed by atoms with E-state index in [9.17, 15) is 13.2 Å². The quantitative estimate of drug-likeness (QED) is 0.368. The predicted molar refractivity (Wildman–Crippen MR) is 107 cm³/mol. The summed E-state index contributed by atoms with van der Waals surface area (Å²) >= 11 is 0. The van der Waals surface area contributed by atoms with E-state index in [1.54, 1.807) is 18.3 Å². The zero-order valence-corrected chi connectivity index (χ0v) is 16.6. The standard InChI is InChI=1S/C18H19F3N4O.HI/c19-18(20,21)26-16-7-2-1-6-13(16)14-11-15(14)25-17(22)24-10-8-12-5-3-4-9-23-12;/h1-7,9,14-15H,8,10-11H2,(H3,22,24,25);1H. The highest BCUT2D eigenvalue weighted by Crippen LogP contribution is 2.45. The molecule has 1 heterocycles. The number of nitrogens with two attached hydrogens (primary N) is 1. The van der Waals surface area contributed by atoms with E-state index in [2.05, 4.69) is 20.0 Å². The average molecular weight is 492 g/mol. The number of guanidine groups is 1. The maximum atomic E-state index is 12.5. The molecule has 0 spiro atoms. The summed E-state index contributed by atoms with van der Waals surface area (Å²) in [6.07, 6.45) is -1.65. The van der Waals surface area contributed by atoms with Gasteiger partial charge in [-0.1, -0.05) is 24.3 Å². The van der Waals surface area contributed by atoms with Gasteiger partial charge < -0.3 is 15.8 Å². The number of pyridine rings is 1. The molecule has 5 nitrogen and oxygen atoms in total. The van der Waals surface area contributed by atoms with E-state index in [1.165, 1.54) is 12.1 Å².